The standard InChI is InChI=1S/C15H15F2NO/c1-10-3-6-15(19-2)14(7-10)18-9-11-4-5-12(16)13(17)8-11/h3-8,18H,9H2,1-2H3. The molecule has 2 aromatic carbocycles. The summed E-state index contributed by atoms with van der Waals surface area (Å²) in [5.74, 6) is -0.958. The normalized spacial score (nSPS) is 10.3. The molecule has 0 fully saturated rings. The fraction of sp³-hybridized carbons (Fsp3) is 0.200. The van der Waals surface area contributed by atoms with Crippen molar-refractivity contribution in [1.29, 1.82) is 0 Å². The molecule has 0 heterocycles. The molecule has 0 atom stereocenters. The van der Waals surface area contributed by atoms with E-state index >= 15 is 0 Å². The predicted octanol–water partition coefficient (Wildman–Crippen LogP) is 3.89. The molecule has 2 aromatic rings. The Morgan fingerprint density at radius 2 is 1.84 bits per heavy atom. The van der Waals surface area contributed by atoms with E-state index in [4.69, 9.17) is 4.74 Å². The largest absolute Gasteiger partial charge is 0.495 e. The molecule has 0 aromatic heterocycles. The molecule has 0 spiro atoms. The summed E-state index contributed by atoms with van der Waals surface area (Å²) < 4.78 is 31.1. The van der Waals surface area contributed by atoms with E-state index in [9.17, 15) is 8.78 Å². The van der Waals surface area contributed by atoms with Gasteiger partial charge in [-0.1, -0.05) is 12.1 Å². The molecule has 1 N–H and O–H groups in total. The lowest BCUT2D eigenvalue weighted by atomic mass is 10.2. The van der Waals surface area contributed by atoms with E-state index < -0.39 is 11.6 Å². The first-order valence-electron chi connectivity index (χ1n) is 5.92. The molecular formula is C15H15F2NO. The summed E-state index contributed by atoms with van der Waals surface area (Å²) in [6, 6.07) is 9.61. The molecule has 2 nitrogen and oxygen atoms in total. The Kier molecular flexibility index (Phi) is 4.00. The lowest BCUT2D eigenvalue weighted by Gasteiger charge is -2.12. The number of nitrogens with one attached hydrogen (secondary N) is 1. The zero-order valence-corrected chi connectivity index (χ0v) is 10.8. The Balaban J connectivity index is 2.13. The molecule has 2 rings (SSSR count). The number of aryl methyl sites for hydroxylation is 1. The number of ether oxygens (including phenoxy) is 1. The van der Waals surface area contributed by atoms with Crippen LogP contribution in [0.1, 0.15) is 11.1 Å². The van der Waals surface area contributed by atoms with Gasteiger partial charge in [-0.3, -0.25) is 0 Å². The smallest absolute Gasteiger partial charge is 0.159 e. The highest BCUT2D eigenvalue weighted by molar-refractivity contribution is 5.58. The van der Waals surface area contributed by atoms with Gasteiger partial charge in [-0.15, -0.1) is 0 Å². The number of anilines is 1. The Labute approximate surface area is 111 Å². The molecule has 4 heteroatoms. The third kappa shape index (κ3) is 3.22. The Hall–Kier alpha value is -2.10. The average Bonchev–Trinajstić information content (AvgIpc) is 2.40. The summed E-state index contributed by atoms with van der Waals surface area (Å²) in [6.07, 6.45) is 0. The molecule has 0 radical (unpaired) electrons. The molecule has 0 aliphatic heterocycles. The van der Waals surface area contributed by atoms with Crippen LogP contribution in [0.15, 0.2) is 36.4 Å². The van der Waals surface area contributed by atoms with Crippen LogP contribution in [0.3, 0.4) is 0 Å². The second-order valence-corrected chi connectivity index (χ2v) is 4.31. The average molecular weight is 263 g/mol. The van der Waals surface area contributed by atoms with Crippen LogP contribution >= 0.6 is 0 Å². The van der Waals surface area contributed by atoms with E-state index in [1.54, 1.807) is 13.2 Å². The second kappa shape index (κ2) is 5.69. The van der Waals surface area contributed by atoms with Gasteiger partial charge in [0, 0.05) is 6.54 Å². The fourth-order valence-electron chi connectivity index (χ4n) is 1.81. The van der Waals surface area contributed by atoms with Gasteiger partial charge in [-0.05, 0) is 42.3 Å². The maximum Gasteiger partial charge on any atom is 0.159 e. The first-order valence-corrected chi connectivity index (χ1v) is 5.92. The van der Waals surface area contributed by atoms with Crippen molar-refractivity contribution in [3.63, 3.8) is 0 Å². The van der Waals surface area contributed by atoms with Crippen molar-refractivity contribution >= 4 is 5.69 Å². The van der Waals surface area contributed by atoms with Crippen LogP contribution in [0.4, 0.5) is 14.5 Å². The monoisotopic (exact) mass is 263 g/mol. The van der Waals surface area contributed by atoms with Crippen molar-refractivity contribution in [2.24, 2.45) is 0 Å². The topological polar surface area (TPSA) is 21.3 Å². The molecule has 0 amide bonds. The maximum absolute atomic E-state index is 13.1. The Bertz CT molecular complexity index is 584. The summed E-state index contributed by atoms with van der Waals surface area (Å²) >= 11 is 0. The van der Waals surface area contributed by atoms with Gasteiger partial charge >= 0.3 is 0 Å². The fourth-order valence-corrected chi connectivity index (χ4v) is 1.81. The lowest BCUT2D eigenvalue weighted by molar-refractivity contribution is 0.416. The lowest BCUT2D eigenvalue weighted by Crippen LogP contribution is -2.02. The minimum absolute atomic E-state index is 0.400. The van der Waals surface area contributed by atoms with E-state index in [1.807, 2.05) is 25.1 Å². The minimum Gasteiger partial charge on any atom is -0.495 e. The van der Waals surface area contributed by atoms with Gasteiger partial charge in [0.05, 0.1) is 12.8 Å². The van der Waals surface area contributed by atoms with Gasteiger partial charge in [0.1, 0.15) is 5.75 Å². The molecule has 100 valence electrons. The third-order valence-electron chi connectivity index (χ3n) is 2.82. The van der Waals surface area contributed by atoms with Gasteiger partial charge in [0.2, 0.25) is 0 Å². The van der Waals surface area contributed by atoms with E-state index in [2.05, 4.69) is 5.32 Å². The van der Waals surface area contributed by atoms with Gasteiger partial charge in [-0.2, -0.15) is 0 Å². The van der Waals surface area contributed by atoms with Gasteiger partial charge in [0.25, 0.3) is 0 Å². The van der Waals surface area contributed by atoms with Crippen molar-refractivity contribution in [3.05, 3.63) is 59.2 Å². The highest BCUT2D eigenvalue weighted by Gasteiger charge is 2.05. The summed E-state index contributed by atoms with van der Waals surface area (Å²) in [7, 11) is 1.59. The van der Waals surface area contributed by atoms with Crippen LogP contribution < -0.4 is 10.1 Å². The van der Waals surface area contributed by atoms with Gasteiger partial charge in [-0.25, -0.2) is 8.78 Å². The highest BCUT2D eigenvalue weighted by Crippen LogP contribution is 2.25. The number of halogens is 2. The summed E-state index contributed by atoms with van der Waals surface area (Å²) in [5.41, 5.74) is 2.59. The molecule has 0 unspecified atom stereocenters. The molecule has 0 saturated carbocycles. The summed E-state index contributed by atoms with van der Waals surface area (Å²) in [4.78, 5) is 0. The van der Waals surface area contributed by atoms with E-state index in [0.29, 0.717) is 17.9 Å². The van der Waals surface area contributed by atoms with E-state index in [-0.39, 0.29) is 0 Å². The number of hydrogen-bond acceptors (Lipinski definition) is 2. The number of rotatable bonds is 4. The summed E-state index contributed by atoms with van der Waals surface area (Å²) in [5, 5.41) is 3.15. The molecule has 0 saturated heterocycles. The summed E-state index contributed by atoms with van der Waals surface area (Å²) in [6.45, 7) is 2.37. The maximum atomic E-state index is 13.1. The molecule has 19 heavy (non-hydrogen) atoms. The zero-order chi connectivity index (χ0) is 13.8. The molecule has 0 aliphatic rings. The second-order valence-electron chi connectivity index (χ2n) is 4.31. The minimum atomic E-state index is -0.837. The van der Waals surface area contributed by atoms with Crippen molar-refractivity contribution < 1.29 is 13.5 Å². The number of methoxy groups -OCH3 is 1. The Morgan fingerprint density at radius 3 is 2.53 bits per heavy atom. The molecular weight excluding hydrogens is 248 g/mol. The van der Waals surface area contributed by atoms with Crippen LogP contribution in [0.25, 0.3) is 0 Å². The van der Waals surface area contributed by atoms with E-state index in [1.165, 1.54) is 6.07 Å². The number of hydrogen-bond donors (Lipinski definition) is 1. The van der Waals surface area contributed by atoms with Crippen LogP contribution in [-0.2, 0) is 6.54 Å². The number of benzene rings is 2. The van der Waals surface area contributed by atoms with E-state index in [0.717, 1.165) is 17.3 Å². The first kappa shape index (κ1) is 13.3. The van der Waals surface area contributed by atoms with Gasteiger partial charge in [0.15, 0.2) is 11.6 Å². The third-order valence-corrected chi connectivity index (χ3v) is 2.82. The van der Waals surface area contributed by atoms with Gasteiger partial charge < -0.3 is 10.1 Å². The SMILES string of the molecule is COc1ccc(C)cc1NCc1ccc(F)c(F)c1. The van der Waals surface area contributed by atoms with Crippen molar-refractivity contribution in [2.75, 3.05) is 12.4 Å². The van der Waals surface area contributed by atoms with Crippen molar-refractivity contribution in [1.82, 2.24) is 0 Å². The van der Waals surface area contributed by atoms with Crippen LogP contribution in [-0.4, -0.2) is 7.11 Å². The van der Waals surface area contributed by atoms with Crippen molar-refractivity contribution in [3.8, 4) is 5.75 Å². The van der Waals surface area contributed by atoms with Crippen LogP contribution in [0.2, 0.25) is 0 Å². The molecule has 0 bridgehead atoms. The van der Waals surface area contributed by atoms with Crippen molar-refractivity contribution in [2.45, 2.75) is 13.5 Å². The van der Waals surface area contributed by atoms with Crippen LogP contribution in [0, 0.1) is 18.6 Å². The predicted molar refractivity (Wildman–Crippen MR) is 71.4 cm³/mol. The van der Waals surface area contributed by atoms with Crippen LogP contribution in [0.5, 0.6) is 5.75 Å². The Morgan fingerprint density at radius 1 is 1.05 bits per heavy atom. The zero-order valence-electron chi connectivity index (χ0n) is 10.8. The first-order chi connectivity index (χ1) is 9.10. The molecule has 0 aliphatic carbocycles. The quantitative estimate of drug-likeness (QED) is 0.903. The highest BCUT2D eigenvalue weighted by atomic mass is 19.2.